The number of rotatable bonds is 4. The maximum absolute atomic E-state index is 5.46. The molecule has 68 valence electrons. The number of aryl methyl sites for hydroxylation is 1. The number of imidazole rings is 1. The Balaban J connectivity index is 2.29. The Hall–Kier alpha value is -0.830. The quantitative estimate of drug-likeness (QED) is 0.682. The van der Waals surface area contributed by atoms with Gasteiger partial charge < -0.3 is 9.30 Å². The first-order valence-corrected chi connectivity index (χ1v) is 4.23. The lowest BCUT2D eigenvalue weighted by Gasteiger charge is -2.06. The molecule has 1 heterocycles. The van der Waals surface area contributed by atoms with Crippen LogP contribution in [0.1, 0.15) is 19.5 Å². The highest BCUT2D eigenvalue weighted by Gasteiger charge is 1.98. The second-order valence-electron chi connectivity index (χ2n) is 3.40. The summed E-state index contributed by atoms with van der Waals surface area (Å²) in [6.07, 6.45) is 3.62. The Labute approximate surface area is 73.4 Å². The van der Waals surface area contributed by atoms with Crippen molar-refractivity contribution in [3.8, 4) is 0 Å². The summed E-state index contributed by atoms with van der Waals surface area (Å²) in [4.78, 5) is 4.00. The van der Waals surface area contributed by atoms with Crippen molar-refractivity contribution in [2.45, 2.75) is 20.5 Å². The molecule has 0 aliphatic heterocycles. The standard InChI is InChI=1S/C9H16N2O/c1-8(2)5-12-6-9-4-10-7-11(9)3/h4,7-8H,5-6H2,1-3H3. The third-order valence-electron chi connectivity index (χ3n) is 1.62. The largest absolute Gasteiger partial charge is 0.375 e. The Morgan fingerprint density at radius 3 is 2.83 bits per heavy atom. The molecule has 0 bridgehead atoms. The van der Waals surface area contributed by atoms with E-state index in [2.05, 4.69) is 18.8 Å². The Bertz CT molecular complexity index is 230. The van der Waals surface area contributed by atoms with Crippen molar-refractivity contribution in [1.29, 1.82) is 0 Å². The second-order valence-corrected chi connectivity index (χ2v) is 3.40. The average Bonchev–Trinajstić information content (AvgIpc) is 2.36. The molecule has 0 aliphatic carbocycles. The van der Waals surface area contributed by atoms with Crippen LogP contribution in [0.25, 0.3) is 0 Å². The van der Waals surface area contributed by atoms with Gasteiger partial charge in [0, 0.05) is 13.7 Å². The molecule has 0 atom stereocenters. The van der Waals surface area contributed by atoms with E-state index in [0.29, 0.717) is 12.5 Å². The van der Waals surface area contributed by atoms with Crippen LogP contribution in [0.3, 0.4) is 0 Å². The van der Waals surface area contributed by atoms with Crippen LogP contribution in [0.2, 0.25) is 0 Å². The van der Waals surface area contributed by atoms with Gasteiger partial charge in [-0.25, -0.2) is 4.98 Å². The van der Waals surface area contributed by atoms with Crippen molar-refractivity contribution in [1.82, 2.24) is 9.55 Å². The van der Waals surface area contributed by atoms with Gasteiger partial charge in [-0.1, -0.05) is 13.8 Å². The molecule has 1 aromatic heterocycles. The van der Waals surface area contributed by atoms with E-state index < -0.39 is 0 Å². The molecule has 1 aromatic rings. The molecule has 0 fully saturated rings. The molecule has 0 aliphatic rings. The molecular formula is C9H16N2O. The highest BCUT2D eigenvalue weighted by atomic mass is 16.5. The van der Waals surface area contributed by atoms with Crippen molar-refractivity contribution in [2.24, 2.45) is 13.0 Å². The Kier molecular flexibility index (Phi) is 3.29. The van der Waals surface area contributed by atoms with Gasteiger partial charge in [-0.2, -0.15) is 0 Å². The lowest BCUT2D eigenvalue weighted by molar-refractivity contribution is 0.0932. The number of hydrogen-bond acceptors (Lipinski definition) is 2. The van der Waals surface area contributed by atoms with E-state index in [0.717, 1.165) is 12.3 Å². The van der Waals surface area contributed by atoms with Gasteiger partial charge in [0.15, 0.2) is 0 Å². The third kappa shape index (κ3) is 2.66. The van der Waals surface area contributed by atoms with Crippen LogP contribution < -0.4 is 0 Å². The van der Waals surface area contributed by atoms with Crippen LogP contribution in [-0.2, 0) is 18.4 Å². The summed E-state index contributed by atoms with van der Waals surface area (Å²) >= 11 is 0. The zero-order valence-corrected chi connectivity index (χ0v) is 7.95. The molecule has 0 unspecified atom stereocenters. The van der Waals surface area contributed by atoms with E-state index in [1.807, 2.05) is 17.8 Å². The van der Waals surface area contributed by atoms with Crippen LogP contribution in [0, 0.1) is 5.92 Å². The molecule has 0 saturated heterocycles. The minimum atomic E-state index is 0.596. The van der Waals surface area contributed by atoms with Gasteiger partial charge in [-0.3, -0.25) is 0 Å². The van der Waals surface area contributed by atoms with Gasteiger partial charge >= 0.3 is 0 Å². The van der Waals surface area contributed by atoms with Crippen LogP contribution in [0.4, 0.5) is 0 Å². The fourth-order valence-electron chi connectivity index (χ4n) is 0.923. The minimum Gasteiger partial charge on any atom is -0.375 e. The summed E-state index contributed by atoms with van der Waals surface area (Å²) in [5, 5.41) is 0. The molecule has 0 N–H and O–H groups in total. The molecule has 0 aromatic carbocycles. The molecular weight excluding hydrogens is 152 g/mol. The predicted molar refractivity (Wildman–Crippen MR) is 47.7 cm³/mol. The molecule has 3 nitrogen and oxygen atoms in total. The van der Waals surface area contributed by atoms with E-state index in [4.69, 9.17) is 4.74 Å². The van der Waals surface area contributed by atoms with E-state index in [1.165, 1.54) is 0 Å². The summed E-state index contributed by atoms with van der Waals surface area (Å²) in [5.41, 5.74) is 1.12. The fourth-order valence-corrected chi connectivity index (χ4v) is 0.923. The van der Waals surface area contributed by atoms with Crippen LogP contribution in [-0.4, -0.2) is 16.2 Å². The normalized spacial score (nSPS) is 11.0. The number of aromatic nitrogens is 2. The lowest BCUT2D eigenvalue weighted by atomic mass is 10.2. The number of hydrogen-bond donors (Lipinski definition) is 0. The summed E-state index contributed by atoms with van der Waals surface area (Å²) in [6, 6.07) is 0. The van der Waals surface area contributed by atoms with Crippen LogP contribution in [0.5, 0.6) is 0 Å². The molecule has 0 radical (unpaired) electrons. The molecule has 1 rings (SSSR count). The van der Waals surface area contributed by atoms with E-state index in [9.17, 15) is 0 Å². The first-order valence-electron chi connectivity index (χ1n) is 4.23. The minimum absolute atomic E-state index is 0.596. The summed E-state index contributed by atoms with van der Waals surface area (Å²) in [6.45, 7) is 5.76. The number of nitrogens with zero attached hydrogens (tertiary/aromatic N) is 2. The van der Waals surface area contributed by atoms with Crippen LogP contribution in [0.15, 0.2) is 12.5 Å². The topological polar surface area (TPSA) is 27.1 Å². The maximum Gasteiger partial charge on any atom is 0.0946 e. The Morgan fingerprint density at radius 1 is 1.58 bits per heavy atom. The van der Waals surface area contributed by atoms with E-state index in [1.54, 1.807) is 6.33 Å². The highest BCUT2D eigenvalue weighted by Crippen LogP contribution is 2.00. The molecule has 0 spiro atoms. The van der Waals surface area contributed by atoms with Gasteiger partial charge in [-0.15, -0.1) is 0 Å². The van der Waals surface area contributed by atoms with E-state index >= 15 is 0 Å². The van der Waals surface area contributed by atoms with Crippen molar-refractivity contribution in [3.05, 3.63) is 18.2 Å². The molecule has 0 saturated carbocycles. The van der Waals surface area contributed by atoms with Crippen molar-refractivity contribution >= 4 is 0 Å². The third-order valence-corrected chi connectivity index (χ3v) is 1.62. The summed E-state index contributed by atoms with van der Waals surface area (Å²) in [5.74, 6) is 0.596. The molecule has 3 heteroatoms. The zero-order valence-electron chi connectivity index (χ0n) is 7.95. The predicted octanol–water partition coefficient (Wildman–Crippen LogP) is 1.59. The average molecular weight is 168 g/mol. The van der Waals surface area contributed by atoms with Crippen molar-refractivity contribution in [2.75, 3.05) is 6.61 Å². The van der Waals surface area contributed by atoms with Crippen LogP contribution >= 0.6 is 0 Å². The van der Waals surface area contributed by atoms with Gasteiger partial charge in [0.25, 0.3) is 0 Å². The van der Waals surface area contributed by atoms with Gasteiger partial charge in [-0.05, 0) is 5.92 Å². The first kappa shape index (κ1) is 9.26. The smallest absolute Gasteiger partial charge is 0.0946 e. The van der Waals surface area contributed by atoms with Gasteiger partial charge in [0.1, 0.15) is 0 Å². The molecule has 0 amide bonds. The monoisotopic (exact) mass is 168 g/mol. The maximum atomic E-state index is 5.46. The zero-order chi connectivity index (χ0) is 8.97. The second kappa shape index (κ2) is 4.26. The summed E-state index contributed by atoms with van der Waals surface area (Å²) in [7, 11) is 1.97. The van der Waals surface area contributed by atoms with Gasteiger partial charge in [0.05, 0.1) is 24.8 Å². The highest BCUT2D eigenvalue weighted by molar-refractivity contribution is 4.94. The Morgan fingerprint density at radius 2 is 2.33 bits per heavy atom. The van der Waals surface area contributed by atoms with Gasteiger partial charge in [0.2, 0.25) is 0 Å². The first-order chi connectivity index (χ1) is 5.70. The van der Waals surface area contributed by atoms with E-state index in [-0.39, 0.29) is 0 Å². The lowest BCUT2D eigenvalue weighted by Crippen LogP contribution is -2.04. The van der Waals surface area contributed by atoms with Crippen molar-refractivity contribution < 1.29 is 4.74 Å². The SMILES string of the molecule is CC(C)COCc1cncn1C. The molecule has 12 heavy (non-hydrogen) atoms. The summed E-state index contributed by atoms with van der Waals surface area (Å²) < 4.78 is 7.43. The van der Waals surface area contributed by atoms with Crippen molar-refractivity contribution in [3.63, 3.8) is 0 Å². The number of ether oxygens (including phenoxy) is 1. The fraction of sp³-hybridized carbons (Fsp3) is 0.667.